The van der Waals surface area contributed by atoms with Crippen LogP contribution in [0.2, 0.25) is 0 Å². The second-order valence-corrected chi connectivity index (χ2v) is 8.82. The third-order valence-corrected chi connectivity index (χ3v) is 7.14. The van der Waals surface area contributed by atoms with Crippen molar-refractivity contribution in [1.82, 2.24) is 9.80 Å². The zero-order valence-electron chi connectivity index (χ0n) is 15.6. The first-order valence-electron chi connectivity index (χ1n) is 10.5. The van der Waals surface area contributed by atoms with E-state index in [2.05, 4.69) is 22.0 Å². The SMILES string of the molecule is O=C1CCC2(CCN(C[C@@H]3CC=CCC3)CC2)CN1C1CCOCC1. The minimum absolute atomic E-state index is 0.397. The van der Waals surface area contributed by atoms with E-state index in [0.29, 0.717) is 17.4 Å². The standard InChI is InChI=1S/C21H34N2O2/c24-20-6-9-21(17-23(20)19-7-14-25-15-8-19)10-12-22(13-11-21)16-18-4-2-1-3-5-18/h1-2,18-19H,3-17H2/t18-/m1/s1. The third kappa shape index (κ3) is 4.11. The average Bonchev–Trinajstić information content (AvgIpc) is 2.67. The molecule has 25 heavy (non-hydrogen) atoms. The van der Waals surface area contributed by atoms with Crippen molar-refractivity contribution < 1.29 is 9.53 Å². The van der Waals surface area contributed by atoms with Crippen LogP contribution in [0.25, 0.3) is 0 Å². The molecule has 1 spiro atoms. The number of hydrogen-bond donors (Lipinski definition) is 0. The van der Waals surface area contributed by atoms with E-state index < -0.39 is 0 Å². The topological polar surface area (TPSA) is 32.8 Å². The van der Waals surface area contributed by atoms with Crippen LogP contribution in [0.5, 0.6) is 0 Å². The summed E-state index contributed by atoms with van der Waals surface area (Å²) in [6.07, 6.45) is 15.1. The molecule has 0 N–H and O–H groups in total. The molecule has 4 aliphatic rings. The maximum Gasteiger partial charge on any atom is 0.222 e. The minimum atomic E-state index is 0.397. The maximum absolute atomic E-state index is 12.5. The van der Waals surface area contributed by atoms with Gasteiger partial charge in [-0.15, -0.1) is 0 Å². The number of piperidine rings is 2. The van der Waals surface area contributed by atoms with Gasteiger partial charge in [-0.3, -0.25) is 4.79 Å². The van der Waals surface area contributed by atoms with Gasteiger partial charge in [0.1, 0.15) is 0 Å². The number of amides is 1. The Balaban J connectivity index is 1.31. The molecule has 4 rings (SSSR count). The minimum Gasteiger partial charge on any atom is -0.381 e. The van der Waals surface area contributed by atoms with Crippen molar-refractivity contribution in [2.45, 2.75) is 63.8 Å². The van der Waals surface area contributed by atoms with Crippen molar-refractivity contribution in [3.8, 4) is 0 Å². The number of allylic oxidation sites excluding steroid dienone is 2. The van der Waals surface area contributed by atoms with Crippen LogP contribution >= 0.6 is 0 Å². The van der Waals surface area contributed by atoms with Gasteiger partial charge in [-0.05, 0) is 75.8 Å². The summed E-state index contributed by atoms with van der Waals surface area (Å²) in [7, 11) is 0. The highest BCUT2D eigenvalue weighted by Crippen LogP contribution is 2.41. The van der Waals surface area contributed by atoms with Gasteiger partial charge in [0.05, 0.1) is 0 Å². The molecule has 0 aromatic rings. The monoisotopic (exact) mass is 346 g/mol. The molecule has 3 fully saturated rings. The van der Waals surface area contributed by atoms with E-state index in [-0.39, 0.29) is 0 Å². The van der Waals surface area contributed by atoms with Crippen molar-refractivity contribution in [1.29, 1.82) is 0 Å². The van der Waals surface area contributed by atoms with Crippen molar-refractivity contribution in [2.75, 3.05) is 39.4 Å². The van der Waals surface area contributed by atoms with Crippen LogP contribution in [0.15, 0.2) is 12.2 Å². The molecule has 0 bridgehead atoms. The van der Waals surface area contributed by atoms with Crippen molar-refractivity contribution in [3.63, 3.8) is 0 Å². The predicted molar refractivity (Wildman–Crippen MR) is 99.4 cm³/mol. The van der Waals surface area contributed by atoms with Gasteiger partial charge in [0.25, 0.3) is 0 Å². The molecule has 0 saturated carbocycles. The number of hydrogen-bond acceptors (Lipinski definition) is 3. The zero-order chi connectivity index (χ0) is 17.1. The molecule has 0 aromatic carbocycles. The molecule has 3 aliphatic heterocycles. The second-order valence-electron chi connectivity index (χ2n) is 8.82. The Kier molecular flexibility index (Phi) is 5.47. The normalized spacial score (nSPS) is 31.6. The van der Waals surface area contributed by atoms with Crippen molar-refractivity contribution in [3.05, 3.63) is 12.2 Å². The van der Waals surface area contributed by atoms with Gasteiger partial charge in [0, 0.05) is 38.8 Å². The number of ether oxygens (including phenoxy) is 1. The van der Waals surface area contributed by atoms with Gasteiger partial charge in [-0.2, -0.15) is 0 Å². The Bertz CT molecular complexity index is 490. The fourth-order valence-electron chi connectivity index (χ4n) is 5.38. The third-order valence-electron chi connectivity index (χ3n) is 7.14. The first-order chi connectivity index (χ1) is 12.2. The molecule has 4 nitrogen and oxygen atoms in total. The maximum atomic E-state index is 12.5. The van der Waals surface area contributed by atoms with E-state index >= 15 is 0 Å². The van der Waals surface area contributed by atoms with Crippen LogP contribution in [-0.2, 0) is 9.53 Å². The molecule has 1 aliphatic carbocycles. The van der Waals surface area contributed by atoms with Gasteiger partial charge in [0.2, 0.25) is 5.91 Å². The summed E-state index contributed by atoms with van der Waals surface area (Å²) in [6, 6.07) is 0.436. The van der Waals surface area contributed by atoms with E-state index in [1.54, 1.807) is 0 Å². The lowest BCUT2D eigenvalue weighted by Crippen LogP contribution is -2.55. The molecule has 140 valence electrons. The summed E-state index contributed by atoms with van der Waals surface area (Å²) in [5.41, 5.74) is 0.398. The Morgan fingerprint density at radius 1 is 1.08 bits per heavy atom. The molecule has 1 atom stereocenters. The Hall–Kier alpha value is -0.870. The lowest BCUT2D eigenvalue weighted by molar-refractivity contribution is -0.144. The van der Waals surface area contributed by atoms with Crippen LogP contribution in [0.3, 0.4) is 0 Å². The van der Waals surface area contributed by atoms with Crippen LogP contribution in [-0.4, -0.2) is 61.1 Å². The second kappa shape index (κ2) is 7.79. The van der Waals surface area contributed by atoms with E-state index in [9.17, 15) is 4.79 Å². The largest absolute Gasteiger partial charge is 0.381 e. The molecule has 0 unspecified atom stereocenters. The average molecular weight is 347 g/mol. The van der Waals surface area contributed by atoms with Crippen molar-refractivity contribution >= 4 is 5.91 Å². The molecule has 4 heteroatoms. The van der Waals surface area contributed by atoms with Gasteiger partial charge in [0.15, 0.2) is 0 Å². The smallest absolute Gasteiger partial charge is 0.222 e. The van der Waals surface area contributed by atoms with Crippen LogP contribution in [0, 0.1) is 11.3 Å². The highest BCUT2D eigenvalue weighted by Gasteiger charge is 2.43. The predicted octanol–water partition coefficient (Wildman–Crippen LogP) is 3.23. The van der Waals surface area contributed by atoms with E-state index in [0.717, 1.165) is 51.4 Å². The molecule has 3 saturated heterocycles. The summed E-state index contributed by atoms with van der Waals surface area (Å²) in [5.74, 6) is 1.26. The number of nitrogens with zero attached hydrogens (tertiary/aromatic N) is 2. The van der Waals surface area contributed by atoms with Crippen LogP contribution < -0.4 is 0 Å². The van der Waals surface area contributed by atoms with E-state index in [1.807, 2.05) is 0 Å². The van der Waals surface area contributed by atoms with E-state index in [1.165, 1.54) is 51.7 Å². The highest BCUT2D eigenvalue weighted by atomic mass is 16.5. The Morgan fingerprint density at radius 2 is 1.88 bits per heavy atom. The van der Waals surface area contributed by atoms with Gasteiger partial charge in [-0.25, -0.2) is 0 Å². The van der Waals surface area contributed by atoms with Crippen LogP contribution in [0.4, 0.5) is 0 Å². The highest BCUT2D eigenvalue weighted by molar-refractivity contribution is 5.77. The Labute approximate surface area is 152 Å². The van der Waals surface area contributed by atoms with Gasteiger partial charge >= 0.3 is 0 Å². The number of carbonyl (C=O) groups excluding carboxylic acids is 1. The number of carbonyl (C=O) groups is 1. The lowest BCUT2D eigenvalue weighted by Gasteiger charge is -2.50. The lowest BCUT2D eigenvalue weighted by atomic mass is 9.71. The quantitative estimate of drug-likeness (QED) is 0.736. The Morgan fingerprint density at radius 3 is 2.60 bits per heavy atom. The summed E-state index contributed by atoms with van der Waals surface area (Å²) in [5, 5.41) is 0. The molecule has 3 heterocycles. The summed E-state index contributed by atoms with van der Waals surface area (Å²) in [4.78, 5) is 17.5. The first-order valence-corrected chi connectivity index (χ1v) is 10.5. The molecular formula is C21H34N2O2. The molecule has 1 amide bonds. The van der Waals surface area contributed by atoms with Gasteiger partial charge < -0.3 is 14.5 Å². The fourth-order valence-corrected chi connectivity index (χ4v) is 5.38. The first kappa shape index (κ1) is 17.5. The molecule has 0 aromatic heterocycles. The molecule has 0 radical (unpaired) electrons. The van der Waals surface area contributed by atoms with Crippen molar-refractivity contribution in [2.24, 2.45) is 11.3 Å². The van der Waals surface area contributed by atoms with Crippen LogP contribution in [0.1, 0.15) is 57.8 Å². The fraction of sp³-hybridized carbons (Fsp3) is 0.857. The summed E-state index contributed by atoms with van der Waals surface area (Å²) >= 11 is 0. The number of likely N-dealkylation sites (tertiary alicyclic amines) is 2. The van der Waals surface area contributed by atoms with E-state index in [4.69, 9.17) is 4.74 Å². The van der Waals surface area contributed by atoms with Gasteiger partial charge in [-0.1, -0.05) is 12.2 Å². The number of rotatable bonds is 3. The molecular weight excluding hydrogens is 312 g/mol. The zero-order valence-corrected chi connectivity index (χ0v) is 15.6. The summed E-state index contributed by atoms with van der Waals surface area (Å²) in [6.45, 7) is 6.40. The summed E-state index contributed by atoms with van der Waals surface area (Å²) < 4.78 is 5.50.